The summed E-state index contributed by atoms with van der Waals surface area (Å²) in [6.45, 7) is 6.30. The van der Waals surface area contributed by atoms with Crippen molar-refractivity contribution in [3.8, 4) is 5.75 Å². The second-order valence-electron chi connectivity index (χ2n) is 3.19. The molecule has 0 aliphatic carbocycles. The van der Waals surface area contributed by atoms with Crippen LogP contribution in [0.5, 0.6) is 5.75 Å². The van der Waals surface area contributed by atoms with Crippen LogP contribution in [0, 0.1) is 6.92 Å². The predicted molar refractivity (Wildman–Crippen MR) is 58.4 cm³/mol. The SMILES string of the molecule is C[B]c1cc(C)cc(CC)c1OC. The summed E-state index contributed by atoms with van der Waals surface area (Å²) in [5.74, 6) is 1.02. The summed E-state index contributed by atoms with van der Waals surface area (Å²) in [5.41, 5.74) is 3.78. The number of benzene rings is 1. The number of ether oxygens (including phenoxy) is 1. The van der Waals surface area contributed by atoms with Crippen molar-refractivity contribution in [1.29, 1.82) is 0 Å². The van der Waals surface area contributed by atoms with Gasteiger partial charge in [0, 0.05) is 0 Å². The zero-order valence-corrected chi connectivity index (χ0v) is 8.85. The lowest BCUT2D eigenvalue weighted by atomic mass is 9.71. The van der Waals surface area contributed by atoms with Crippen molar-refractivity contribution in [3.63, 3.8) is 0 Å². The molecule has 0 spiro atoms. The Morgan fingerprint density at radius 1 is 1.38 bits per heavy atom. The normalized spacial score (nSPS) is 9.85. The van der Waals surface area contributed by atoms with Crippen molar-refractivity contribution in [2.75, 3.05) is 7.11 Å². The van der Waals surface area contributed by atoms with E-state index in [0.717, 1.165) is 12.2 Å². The van der Waals surface area contributed by atoms with Crippen molar-refractivity contribution >= 4 is 12.7 Å². The van der Waals surface area contributed by atoms with E-state index in [2.05, 4.69) is 33.3 Å². The van der Waals surface area contributed by atoms with Gasteiger partial charge in [0.25, 0.3) is 0 Å². The van der Waals surface area contributed by atoms with Gasteiger partial charge in [0.1, 0.15) is 5.75 Å². The first-order valence-corrected chi connectivity index (χ1v) is 4.69. The van der Waals surface area contributed by atoms with E-state index in [9.17, 15) is 0 Å². The molecule has 1 radical (unpaired) electrons. The molecule has 0 N–H and O–H groups in total. The molecule has 0 fully saturated rings. The van der Waals surface area contributed by atoms with E-state index in [1.807, 2.05) is 6.82 Å². The standard InChI is InChI=1S/C11H16BO/c1-5-9-6-8(2)7-10(12-3)11(9)13-4/h6-7H,5H2,1-4H3. The van der Waals surface area contributed by atoms with Crippen molar-refractivity contribution in [2.24, 2.45) is 0 Å². The molecule has 0 bridgehead atoms. The minimum Gasteiger partial charge on any atom is -0.497 e. The van der Waals surface area contributed by atoms with Gasteiger partial charge in [-0.1, -0.05) is 31.4 Å². The molecule has 1 aromatic carbocycles. The molecule has 1 aromatic rings. The molecule has 0 saturated heterocycles. The first-order valence-electron chi connectivity index (χ1n) is 4.69. The molecule has 1 rings (SSSR count). The van der Waals surface area contributed by atoms with E-state index in [0.29, 0.717) is 0 Å². The van der Waals surface area contributed by atoms with E-state index < -0.39 is 0 Å². The predicted octanol–water partition coefficient (Wildman–Crippen LogP) is 1.94. The number of aryl methyl sites for hydroxylation is 2. The average molecular weight is 175 g/mol. The van der Waals surface area contributed by atoms with Crippen LogP contribution in [0.4, 0.5) is 0 Å². The van der Waals surface area contributed by atoms with Gasteiger partial charge in [-0.05, 0) is 24.4 Å². The Labute approximate surface area is 81.4 Å². The van der Waals surface area contributed by atoms with Crippen molar-refractivity contribution in [3.05, 3.63) is 23.3 Å². The molecule has 0 atom stereocenters. The van der Waals surface area contributed by atoms with Crippen LogP contribution in [0.1, 0.15) is 18.1 Å². The molecule has 0 unspecified atom stereocenters. The molecule has 2 heteroatoms. The minimum atomic E-state index is 1.02. The van der Waals surface area contributed by atoms with Gasteiger partial charge in [0.05, 0.1) is 7.11 Å². The van der Waals surface area contributed by atoms with Crippen LogP contribution in [-0.2, 0) is 6.42 Å². The number of hydrogen-bond acceptors (Lipinski definition) is 1. The van der Waals surface area contributed by atoms with E-state index in [1.165, 1.54) is 16.6 Å². The van der Waals surface area contributed by atoms with Gasteiger partial charge >= 0.3 is 0 Å². The molecule has 13 heavy (non-hydrogen) atoms. The highest BCUT2D eigenvalue weighted by Crippen LogP contribution is 2.17. The van der Waals surface area contributed by atoms with E-state index in [1.54, 1.807) is 7.11 Å². The molecule has 0 heterocycles. The topological polar surface area (TPSA) is 9.23 Å². The number of hydrogen-bond donors (Lipinski definition) is 0. The third-order valence-corrected chi connectivity index (χ3v) is 2.23. The second kappa shape index (κ2) is 4.36. The highest BCUT2D eigenvalue weighted by molar-refractivity contribution is 6.53. The monoisotopic (exact) mass is 175 g/mol. The highest BCUT2D eigenvalue weighted by atomic mass is 16.5. The van der Waals surface area contributed by atoms with Gasteiger partial charge < -0.3 is 4.74 Å². The number of rotatable bonds is 3. The third kappa shape index (κ3) is 2.06. The largest absolute Gasteiger partial charge is 0.497 e. The summed E-state index contributed by atoms with van der Waals surface area (Å²) in [6, 6.07) is 4.34. The minimum absolute atomic E-state index is 1.02. The van der Waals surface area contributed by atoms with Crippen LogP contribution in [0.15, 0.2) is 12.1 Å². The van der Waals surface area contributed by atoms with Crippen molar-refractivity contribution < 1.29 is 4.74 Å². The van der Waals surface area contributed by atoms with Gasteiger partial charge in [-0.15, -0.1) is 0 Å². The van der Waals surface area contributed by atoms with Gasteiger partial charge in [0.15, 0.2) is 7.28 Å². The van der Waals surface area contributed by atoms with Gasteiger partial charge in [-0.25, -0.2) is 0 Å². The van der Waals surface area contributed by atoms with Crippen LogP contribution in [0.2, 0.25) is 6.82 Å². The van der Waals surface area contributed by atoms with E-state index >= 15 is 0 Å². The fourth-order valence-corrected chi connectivity index (χ4v) is 1.60. The van der Waals surface area contributed by atoms with Crippen LogP contribution < -0.4 is 10.2 Å². The lowest BCUT2D eigenvalue weighted by molar-refractivity contribution is 0.413. The van der Waals surface area contributed by atoms with Crippen molar-refractivity contribution in [1.82, 2.24) is 0 Å². The summed E-state index contributed by atoms with van der Waals surface area (Å²) < 4.78 is 5.38. The molecular formula is C11H16BO. The third-order valence-electron chi connectivity index (χ3n) is 2.23. The molecule has 0 aliphatic rings. The molecule has 0 aromatic heterocycles. The summed E-state index contributed by atoms with van der Waals surface area (Å²) in [7, 11) is 3.82. The lowest BCUT2D eigenvalue weighted by Gasteiger charge is -2.12. The Morgan fingerprint density at radius 3 is 2.54 bits per heavy atom. The fraction of sp³-hybridized carbons (Fsp3) is 0.455. The van der Waals surface area contributed by atoms with Crippen LogP contribution in [0.25, 0.3) is 0 Å². The van der Waals surface area contributed by atoms with Crippen LogP contribution in [0.3, 0.4) is 0 Å². The zero-order valence-electron chi connectivity index (χ0n) is 8.85. The van der Waals surface area contributed by atoms with Gasteiger partial charge in [0.2, 0.25) is 0 Å². The Kier molecular flexibility index (Phi) is 3.41. The zero-order chi connectivity index (χ0) is 9.84. The maximum Gasteiger partial charge on any atom is 0.153 e. The maximum atomic E-state index is 5.38. The quantitative estimate of drug-likeness (QED) is 0.638. The Hall–Kier alpha value is -0.915. The Balaban J connectivity index is 3.25. The van der Waals surface area contributed by atoms with Gasteiger partial charge in [-0.2, -0.15) is 0 Å². The number of methoxy groups -OCH3 is 1. The lowest BCUT2D eigenvalue weighted by Crippen LogP contribution is -2.16. The first kappa shape index (κ1) is 10.2. The summed E-state index contributed by atoms with van der Waals surface area (Å²) in [5, 5.41) is 0. The molecule has 1 nitrogen and oxygen atoms in total. The van der Waals surface area contributed by atoms with Crippen LogP contribution in [-0.4, -0.2) is 14.4 Å². The van der Waals surface area contributed by atoms with Crippen molar-refractivity contribution in [2.45, 2.75) is 27.1 Å². The van der Waals surface area contributed by atoms with E-state index in [-0.39, 0.29) is 0 Å². The summed E-state index contributed by atoms with van der Waals surface area (Å²) in [4.78, 5) is 0. The second-order valence-corrected chi connectivity index (χ2v) is 3.19. The summed E-state index contributed by atoms with van der Waals surface area (Å²) in [6.07, 6.45) is 1.02. The average Bonchev–Trinajstić information content (AvgIpc) is 2.16. The fourth-order valence-electron chi connectivity index (χ4n) is 1.60. The molecule has 0 amide bonds. The molecule has 69 valence electrons. The molecule has 0 saturated carbocycles. The Morgan fingerprint density at radius 2 is 2.08 bits per heavy atom. The van der Waals surface area contributed by atoms with E-state index in [4.69, 9.17) is 4.74 Å². The molecular weight excluding hydrogens is 159 g/mol. The molecule has 0 aliphatic heterocycles. The maximum absolute atomic E-state index is 5.38. The first-order chi connectivity index (χ1) is 6.22. The summed E-state index contributed by atoms with van der Waals surface area (Å²) >= 11 is 0. The smallest absolute Gasteiger partial charge is 0.153 e. The van der Waals surface area contributed by atoms with Crippen LogP contribution >= 0.6 is 0 Å². The highest BCUT2D eigenvalue weighted by Gasteiger charge is 2.07. The Bertz CT molecular complexity index is 269. The van der Waals surface area contributed by atoms with Gasteiger partial charge in [-0.3, -0.25) is 0 Å².